The Morgan fingerprint density at radius 3 is 2.77 bits per heavy atom. The fourth-order valence-corrected chi connectivity index (χ4v) is 1.19. The van der Waals surface area contributed by atoms with Crippen molar-refractivity contribution in [2.24, 2.45) is 0 Å². The van der Waals surface area contributed by atoms with Gasteiger partial charge in [0, 0.05) is 5.41 Å². The predicted molar refractivity (Wildman–Crippen MR) is 52.3 cm³/mol. The smallest absolute Gasteiger partial charge is 0.161 e. The molecule has 0 aliphatic carbocycles. The molecule has 0 spiro atoms. The average molecular weight is 198 g/mol. The summed E-state index contributed by atoms with van der Waals surface area (Å²) in [5.41, 5.74) is 0.804. The maximum absolute atomic E-state index is 10.2. The molecule has 3 nitrogen and oxygen atoms in total. The minimum atomic E-state index is -2.46. The second kappa shape index (κ2) is 4.67. The van der Waals surface area contributed by atoms with Crippen LogP contribution in [0.5, 0.6) is 5.75 Å². The molecule has 0 fully saturated rings. The predicted octanol–water partition coefficient (Wildman–Crippen LogP) is 1.28. The number of hydrogen-bond acceptors (Lipinski definition) is 3. The van der Waals surface area contributed by atoms with E-state index < -0.39 is 10.7 Å². The fourth-order valence-electron chi connectivity index (χ4n) is 0.892. The molecule has 0 N–H and O–H groups in total. The summed E-state index contributed by atoms with van der Waals surface area (Å²) in [6.45, 7) is 0. The molecule has 0 aliphatic heterocycles. The van der Waals surface area contributed by atoms with Gasteiger partial charge in [-0.2, -0.15) is 0 Å². The Morgan fingerprint density at radius 1 is 1.38 bits per heavy atom. The maximum Gasteiger partial charge on any atom is 0.161 e. The lowest BCUT2D eigenvalue weighted by Crippen LogP contribution is -1.82. The molecule has 0 saturated heterocycles. The molecule has 0 aromatic heterocycles. The van der Waals surface area contributed by atoms with Crippen LogP contribution in [-0.4, -0.2) is 15.5 Å². The fraction of sp³-hybridized carbons (Fsp3) is 0.111. The Kier molecular flexibility index (Phi) is 3.52. The first kappa shape index (κ1) is 9.80. The molecule has 1 aromatic rings. The van der Waals surface area contributed by atoms with Gasteiger partial charge in [0.15, 0.2) is 10.7 Å². The third kappa shape index (κ3) is 3.29. The Labute approximate surface area is 78.6 Å². The van der Waals surface area contributed by atoms with Crippen LogP contribution in [-0.2, 0) is 10.7 Å². The molecule has 0 unspecified atom stereocenters. The van der Waals surface area contributed by atoms with Crippen LogP contribution in [0.25, 0.3) is 6.08 Å². The average Bonchev–Trinajstić information content (AvgIpc) is 2.15. The highest BCUT2D eigenvalue weighted by Gasteiger charge is 1.90. The molecule has 70 valence electrons. The van der Waals surface area contributed by atoms with Gasteiger partial charge in [-0.05, 0) is 23.8 Å². The minimum absolute atomic E-state index is 0.711. The van der Waals surface area contributed by atoms with E-state index in [1.165, 1.54) is 6.08 Å². The van der Waals surface area contributed by atoms with Gasteiger partial charge < -0.3 is 4.74 Å². The highest BCUT2D eigenvalue weighted by atomic mass is 32.2. The van der Waals surface area contributed by atoms with Gasteiger partial charge in [-0.1, -0.05) is 12.1 Å². The topological polar surface area (TPSA) is 43.4 Å². The number of rotatable bonds is 3. The molecule has 1 rings (SSSR count). The van der Waals surface area contributed by atoms with E-state index in [1.54, 1.807) is 31.4 Å². The quantitative estimate of drug-likeness (QED) is 0.744. The summed E-state index contributed by atoms with van der Waals surface area (Å²) < 4.78 is 25.5. The number of hydrogen-bond donors (Lipinski definition) is 1. The van der Waals surface area contributed by atoms with E-state index in [0.29, 0.717) is 5.75 Å². The van der Waals surface area contributed by atoms with Gasteiger partial charge in [-0.25, -0.2) is 8.42 Å². The standard InChI is InChI=1S/C9H10O3S/c1-12-9-4-2-3-8(7-9)5-6-13(10)11/h2-7,13H,1H3/b6-5+. The van der Waals surface area contributed by atoms with Gasteiger partial charge in [-0.3, -0.25) is 0 Å². The zero-order valence-electron chi connectivity index (χ0n) is 7.14. The Morgan fingerprint density at radius 2 is 2.15 bits per heavy atom. The number of methoxy groups -OCH3 is 1. The van der Waals surface area contributed by atoms with Crippen molar-refractivity contribution in [2.75, 3.05) is 7.11 Å². The van der Waals surface area contributed by atoms with Gasteiger partial charge >= 0.3 is 0 Å². The minimum Gasteiger partial charge on any atom is -0.497 e. The van der Waals surface area contributed by atoms with Gasteiger partial charge in [0.2, 0.25) is 0 Å². The van der Waals surface area contributed by atoms with Gasteiger partial charge in [0.25, 0.3) is 0 Å². The highest BCUT2D eigenvalue weighted by molar-refractivity contribution is 7.75. The molecule has 0 aliphatic rings. The van der Waals surface area contributed by atoms with E-state index in [1.807, 2.05) is 0 Å². The molecule has 4 heteroatoms. The van der Waals surface area contributed by atoms with Crippen LogP contribution < -0.4 is 4.74 Å². The first-order chi connectivity index (χ1) is 6.22. The summed E-state index contributed by atoms with van der Waals surface area (Å²) in [4.78, 5) is 0. The monoisotopic (exact) mass is 198 g/mol. The second-order valence-corrected chi connectivity index (χ2v) is 3.25. The first-order valence-corrected chi connectivity index (χ1v) is 4.93. The molecule has 0 bridgehead atoms. The van der Waals surface area contributed by atoms with Gasteiger partial charge in [0.05, 0.1) is 7.11 Å². The van der Waals surface area contributed by atoms with Crippen molar-refractivity contribution in [3.05, 3.63) is 35.2 Å². The van der Waals surface area contributed by atoms with Crippen LogP contribution in [0.4, 0.5) is 0 Å². The van der Waals surface area contributed by atoms with Gasteiger partial charge in [-0.15, -0.1) is 0 Å². The summed E-state index contributed by atoms with van der Waals surface area (Å²) in [6, 6.07) is 7.16. The van der Waals surface area contributed by atoms with Crippen molar-refractivity contribution >= 4 is 16.8 Å². The number of ether oxygens (including phenoxy) is 1. The SMILES string of the molecule is COc1cccc(/C=C/[SH](=O)=O)c1. The summed E-state index contributed by atoms with van der Waals surface area (Å²) >= 11 is 0. The Bertz CT molecular complexity index is 372. The molecule has 0 radical (unpaired) electrons. The third-order valence-corrected chi connectivity index (χ3v) is 1.87. The van der Waals surface area contributed by atoms with Crippen LogP contribution in [0.3, 0.4) is 0 Å². The Hall–Kier alpha value is -1.29. The molecule has 0 heterocycles. The summed E-state index contributed by atoms with van der Waals surface area (Å²) in [6.07, 6.45) is 1.52. The molecule has 1 aromatic carbocycles. The molecule has 13 heavy (non-hydrogen) atoms. The molecular formula is C9H10O3S. The zero-order valence-corrected chi connectivity index (χ0v) is 8.03. The molecule has 0 amide bonds. The highest BCUT2D eigenvalue weighted by Crippen LogP contribution is 2.13. The van der Waals surface area contributed by atoms with Crippen molar-refractivity contribution in [3.8, 4) is 5.75 Å². The third-order valence-electron chi connectivity index (χ3n) is 1.48. The van der Waals surface area contributed by atoms with E-state index in [-0.39, 0.29) is 0 Å². The van der Waals surface area contributed by atoms with Crippen molar-refractivity contribution in [1.29, 1.82) is 0 Å². The van der Waals surface area contributed by atoms with E-state index in [2.05, 4.69) is 0 Å². The van der Waals surface area contributed by atoms with Crippen molar-refractivity contribution in [2.45, 2.75) is 0 Å². The molecular weight excluding hydrogens is 188 g/mol. The van der Waals surface area contributed by atoms with Crippen molar-refractivity contribution < 1.29 is 13.2 Å². The van der Waals surface area contributed by atoms with Crippen molar-refractivity contribution in [1.82, 2.24) is 0 Å². The molecule has 0 saturated carbocycles. The van der Waals surface area contributed by atoms with Crippen LogP contribution in [0.2, 0.25) is 0 Å². The van der Waals surface area contributed by atoms with Crippen LogP contribution in [0.1, 0.15) is 5.56 Å². The Balaban J connectivity index is 2.89. The van der Waals surface area contributed by atoms with Crippen LogP contribution in [0, 0.1) is 0 Å². The lowest BCUT2D eigenvalue weighted by Gasteiger charge is -1.98. The summed E-state index contributed by atoms with van der Waals surface area (Å²) in [5.74, 6) is 0.711. The van der Waals surface area contributed by atoms with E-state index in [9.17, 15) is 8.42 Å². The summed E-state index contributed by atoms with van der Waals surface area (Å²) in [5, 5.41) is 1.13. The lowest BCUT2D eigenvalue weighted by molar-refractivity contribution is 0.414. The van der Waals surface area contributed by atoms with Crippen LogP contribution >= 0.6 is 0 Å². The van der Waals surface area contributed by atoms with E-state index in [0.717, 1.165) is 11.0 Å². The largest absolute Gasteiger partial charge is 0.497 e. The van der Waals surface area contributed by atoms with E-state index >= 15 is 0 Å². The van der Waals surface area contributed by atoms with E-state index in [4.69, 9.17) is 4.74 Å². The number of benzene rings is 1. The first-order valence-electron chi connectivity index (χ1n) is 3.68. The molecule has 0 atom stereocenters. The lowest BCUT2D eigenvalue weighted by atomic mass is 10.2. The van der Waals surface area contributed by atoms with Crippen LogP contribution in [0.15, 0.2) is 29.7 Å². The maximum atomic E-state index is 10.2. The normalized spacial score (nSPS) is 10.9. The number of thiol groups is 1. The van der Waals surface area contributed by atoms with Gasteiger partial charge in [0.1, 0.15) is 5.75 Å². The summed E-state index contributed by atoms with van der Waals surface area (Å²) in [7, 11) is -0.893. The second-order valence-electron chi connectivity index (χ2n) is 2.38. The zero-order chi connectivity index (χ0) is 9.68. The van der Waals surface area contributed by atoms with Crippen molar-refractivity contribution in [3.63, 3.8) is 0 Å².